The first kappa shape index (κ1) is 20.1. The smallest absolute Gasteiger partial charge is 0.319 e. The molecule has 0 saturated carbocycles. The Morgan fingerprint density at radius 2 is 1.96 bits per heavy atom. The molecule has 0 amide bonds. The minimum Gasteiger partial charge on any atom is -0.492 e. The maximum atomic E-state index is 11.7. The van der Waals surface area contributed by atoms with Gasteiger partial charge in [-0.05, 0) is 42.5 Å². The number of ether oxygens (including phenoxy) is 2. The number of fused-ring (bicyclic) bond motifs is 1. The molecule has 1 unspecified atom stereocenters. The number of likely N-dealkylation sites (N-methyl/N-ethyl adjacent to an activating group) is 1. The molecule has 0 N–H and O–H groups in total. The van der Waals surface area contributed by atoms with Crippen LogP contribution in [0.5, 0.6) is 5.75 Å². The van der Waals surface area contributed by atoms with Gasteiger partial charge < -0.3 is 18.8 Å². The van der Waals surface area contributed by atoms with Gasteiger partial charge in [-0.25, -0.2) is 0 Å². The van der Waals surface area contributed by atoms with Crippen LogP contribution >= 0.6 is 11.8 Å². The van der Waals surface area contributed by atoms with Gasteiger partial charge in [0.05, 0.1) is 13.7 Å². The number of para-hydroxylation sites is 2. The molecule has 7 heteroatoms. The number of rotatable bonds is 9. The van der Waals surface area contributed by atoms with Crippen LogP contribution in [0.2, 0.25) is 0 Å². The predicted octanol–water partition coefficient (Wildman–Crippen LogP) is 3.79. The normalized spacial score (nSPS) is 12.0. The summed E-state index contributed by atoms with van der Waals surface area (Å²) < 4.78 is 16.4. The summed E-state index contributed by atoms with van der Waals surface area (Å²) in [6.07, 6.45) is 2.54. The minimum atomic E-state index is -0.199. The summed E-state index contributed by atoms with van der Waals surface area (Å²) in [6, 6.07) is 16.1. The number of aromatic nitrogens is 1. The fourth-order valence-electron chi connectivity index (χ4n) is 2.75. The molecule has 0 aliphatic heterocycles. The lowest BCUT2D eigenvalue weighted by Gasteiger charge is -2.15. The monoisotopic (exact) mass is 400 g/mol. The van der Waals surface area contributed by atoms with Gasteiger partial charge in [0.15, 0.2) is 5.58 Å². The van der Waals surface area contributed by atoms with Crippen molar-refractivity contribution in [2.75, 3.05) is 38.5 Å². The van der Waals surface area contributed by atoms with Crippen molar-refractivity contribution in [3.05, 3.63) is 54.1 Å². The topological polar surface area (TPSA) is 64.8 Å². The number of oxazole rings is 1. The third-order valence-electron chi connectivity index (χ3n) is 4.40. The fourth-order valence-corrected chi connectivity index (χ4v) is 3.40. The van der Waals surface area contributed by atoms with Crippen molar-refractivity contribution in [1.82, 2.24) is 4.98 Å². The molecule has 0 aliphatic rings. The number of carbonyl (C=O) groups excluding carboxylic acids is 1. The number of hydrogen-bond donors (Lipinski definition) is 0. The number of carbonyl (C=O) groups is 1. The van der Waals surface area contributed by atoms with E-state index in [1.165, 1.54) is 18.9 Å². The number of methoxy groups -OCH3 is 1. The van der Waals surface area contributed by atoms with Crippen molar-refractivity contribution in [1.29, 1.82) is 0 Å². The van der Waals surface area contributed by atoms with Gasteiger partial charge in [0.25, 0.3) is 6.01 Å². The Morgan fingerprint density at radius 1 is 1.21 bits per heavy atom. The molecule has 1 atom stereocenters. The highest BCUT2D eigenvalue weighted by atomic mass is 32.2. The van der Waals surface area contributed by atoms with Crippen LogP contribution in [-0.2, 0) is 16.0 Å². The standard InChI is InChI=1S/C21H24N2O4S/c1-23(21-22-17-6-4-5-7-18(17)27-21)12-13-26-16-10-8-15(9-11-16)14-19(28-3)20(24)25-2/h4-11,19H,12-14H2,1-3H3. The first-order valence-electron chi connectivity index (χ1n) is 8.99. The van der Waals surface area contributed by atoms with E-state index in [9.17, 15) is 4.79 Å². The van der Waals surface area contributed by atoms with Crippen LogP contribution < -0.4 is 9.64 Å². The lowest BCUT2D eigenvalue weighted by molar-refractivity contribution is -0.139. The zero-order valence-electron chi connectivity index (χ0n) is 16.3. The van der Waals surface area contributed by atoms with E-state index in [2.05, 4.69) is 4.98 Å². The van der Waals surface area contributed by atoms with Crippen LogP contribution in [0, 0.1) is 0 Å². The van der Waals surface area contributed by atoms with Crippen LogP contribution in [0.4, 0.5) is 6.01 Å². The summed E-state index contributed by atoms with van der Waals surface area (Å²) in [5, 5.41) is -0.193. The van der Waals surface area contributed by atoms with Crippen LogP contribution in [0.3, 0.4) is 0 Å². The number of anilines is 1. The first-order chi connectivity index (χ1) is 13.6. The Balaban J connectivity index is 1.50. The van der Waals surface area contributed by atoms with E-state index in [-0.39, 0.29) is 11.2 Å². The number of esters is 1. The molecule has 0 fully saturated rings. The zero-order valence-corrected chi connectivity index (χ0v) is 17.1. The molecule has 1 heterocycles. The van der Waals surface area contributed by atoms with Gasteiger partial charge in [0, 0.05) is 7.05 Å². The molecular weight excluding hydrogens is 376 g/mol. The Bertz CT molecular complexity index is 877. The summed E-state index contributed by atoms with van der Waals surface area (Å²) in [7, 11) is 3.34. The SMILES string of the molecule is COC(=O)C(Cc1ccc(OCCN(C)c2nc3ccccc3o2)cc1)SC. The van der Waals surface area contributed by atoms with E-state index in [4.69, 9.17) is 13.9 Å². The quantitative estimate of drug-likeness (QED) is 0.506. The lowest BCUT2D eigenvalue weighted by Crippen LogP contribution is -2.24. The maximum Gasteiger partial charge on any atom is 0.319 e. The molecule has 0 saturated heterocycles. The van der Waals surface area contributed by atoms with Crippen molar-refractivity contribution in [3.63, 3.8) is 0 Å². The molecule has 0 spiro atoms. The van der Waals surface area contributed by atoms with Gasteiger partial charge in [-0.1, -0.05) is 24.3 Å². The average molecular weight is 401 g/mol. The number of hydrogen-bond acceptors (Lipinski definition) is 7. The molecular formula is C21H24N2O4S. The number of thioether (sulfide) groups is 1. The molecule has 0 radical (unpaired) electrons. The van der Waals surface area contributed by atoms with Gasteiger partial charge >= 0.3 is 5.97 Å². The van der Waals surface area contributed by atoms with Crippen molar-refractivity contribution in [2.45, 2.75) is 11.7 Å². The minimum absolute atomic E-state index is 0.193. The molecule has 3 rings (SSSR count). The maximum absolute atomic E-state index is 11.7. The van der Waals surface area contributed by atoms with Gasteiger partial charge in [0.1, 0.15) is 23.1 Å². The summed E-state index contributed by atoms with van der Waals surface area (Å²) in [5.74, 6) is 0.587. The van der Waals surface area contributed by atoms with Crippen LogP contribution in [0.25, 0.3) is 11.1 Å². The molecule has 2 aromatic carbocycles. The van der Waals surface area contributed by atoms with E-state index < -0.39 is 0 Å². The molecule has 1 aromatic heterocycles. The average Bonchev–Trinajstić information content (AvgIpc) is 3.17. The van der Waals surface area contributed by atoms with Crippen LogP contribution in [0.15, 0.2) is 52.9 Å². The van der Waals surface area contributed by atoms with Gasteiger partial charge in [0.2, 0.25) is 0 Å². The molecule has 28 heavy (non-hydrogen) atoms. The van der Waals surface area contributed by atoms with E-state index in [1.54, 1.807) is 0 Å². The van der Waals surface area contributed by atoms with E-state index in [1.807, 2.05) is 66.7 Å². The zero-order chi connectivity index (χ0) is 19.9. The first-order valence-corrected chi connectivity index (χ1v) is 10.3. The summed E-state index contributed by atoms with van der Waals surface area (Å²) >= 11 is 1.49. The second-order valence-electron chi connectivity index (χ2n) is 6.33. The van der Waals surface area contributed by atoms with Gasteiger partial charge in [-0.3, -0.25) is 4.79 Å². The fraction of sp³-hybridized carbons (Fsp3) is 0.333. The van der Waals surface area contributed by atoms with Gasteiger partial charge in [-0.2, -0.15) is 4.98 Å². The highest BCUT2D eigenvalue weighted by Gasteiger charge is 2.18. The Hall–Kier alpha value is -2.67. The highest BCUT2D eigenvalue weighted by molar-refractivity contribution is 7.99. The Morgan fingerprint density at radius 3 is 2.64 bits per heavy atom. The highest BCUT2D eigenvalue weighted by Crippen LogP contribution is 2.21. The van der Waals surface area contributed by atoms with E-state index in [0.717, 1.165) is 22.4 Å². The Kier molecular flexibility index (Phi) is 6.81. The molecule has 0 bridgehead atoms. The third-order valence-corrected chi connectivity index (χ3v) is 5.33. The second-order valence-corrected chi connectivity index (χ2v) is 7.37. The van der Waals surface area contributed by atoms with E-state index >= 15 is 0 Å². The Labute approximate surface area is 168 Å². The summed E-state index contributed by atoms with van der Waals surface area (Å²) in [5.41, 5.74) is 2.69. The van der Waals surface area contributed by atoms with Crippen LogP contribution in [-0.4, -0.2) is 49.8 Å². The molecule has 148 valence electrons. The molecule has 6 nitrogen and oxygen atoms in total. The predicted molar refractivity (Wildman–Crippen MR) is 112 cm³/mol. The van der Waals surface area contributed by atoms with Gasteiger partial charge in [-0.15, -0.1) is 11.8 Å². The molecule has 0 aliphatic carbocycles. The van der Waals surface area contributed by atoms with Crippen molar-refractivity contribution in [3.8, 4) is 5.75 Å². The van der Waals surface area contributed by atoms with Crippen LogP contribution in [0.1, 0.15) is 5.56 Å². The summed E-state index contributed by atoms with van der Waals surface area (Å²) in [6.45, 7) is 1.15. The lowest BCUT2D eigenvalue weighted by atomic mass is 10.1. The molecule has 3 aromatic rings. The van der Waals surface area contributed by atoms with E-state index in [0.29, 0.717) is 25.6 Å². The van der Waals surface area contributed by atoms with Crippen molar-refractivity contribution in [2.24, 2.45) is 0 Å². The largest absolute Gasteiger partial charge is 0.492 e. The number of benzene rings is 2. The van der Waals surface area contributed by atoms with Crippen molar-refractivity contribution >= 4 is 34.8 Å². The second kappa shape index (κ2) is 9.50. The third kappa shape index (κ3) is 4.98. The summed E-state index contributed by atoms with van der Waals surface area (Å²) in [4.78, 5) is 18.1. The van der Waals surface area contributed by atoms with Crippen molar-refractivity contribution < 1.29 is 18.7 Å². The number of nitrogens with zero attached hydrogens (tertiary/aromatic N) is 2.